The molecule has 0 fully saturated rings. The van der Waals surface area contributed by atoms with Crippen molar-refractivity contribution in [3.8, 4) is 0 Å². The third-order valence-electron chi connectivity index (χ3n) is 14.0. The predicted molar refractivity (Wildman–Crippen MR) is 339 cm³/mol. The molecule has 0 amide bonds. The van der Waals surface area contributed by atoms with Gasteiger partial charge < -0.3 is 14.2 Å². The fraction of sp³-hybridized carbons (Fsp3) is 0.708. The largest absolute Gasteiger partial charge is 0.462 e. The molecule has 0 spiro atoms. The molecule has 0 rings (SSSR count). The average molecular weight is 1080 g/mol. The zero-order valence-corrected chi connectivity index (χ0v) is 51.2. The van der Waals surface area contributed by atoms with E-state index in [1.54, 1.807) is 0 Å². The van der Waals surface area contributed by atoms with Crippen LogP contribution in [-0.2, 0) is 28.6 Å². The van der Waals surface area contributed by atoms with E-state index in [-0.39, 0.29) is 37.5 Å². The van der Waals surface area contributed by atoms with E-state index in [1.165, 1.54) is 161 Å². The summed E-state index contributed by atoms with van der Waals surface area (Å²) in [5.74, 6) is -0.995. The molecule has 0 N–H and O–H groups in total. The van der Waals surface area contributed by atoms with Crippen LogP contribution in [0.5, 0.6) is 0 Å². The molecule has 0 heterocycles. The van der Waals surface area contributed by atoms with Crippen molar-refractivity contribution in [3.05, 3.63) is 109 Å². The molecule has 1 atom stereocenters. The first-order chi connectivity index (χ1) is 38.5. The summed E-state index contributed by atoms with van der Waals surface area (Å²) in [7, 11) is 0. The minimum Gasteiger partial charge on any atom is -0.462 e. The van der Waals surface area contributed by atoms with Crippen LogP contribution < -0.4 is 0 Å². The van der Waals surface area contributed by atoms with Crippen LogP contribution in [0.1, 0.15) is 310 Å². The summed E-state index contributed by atoms with van der Waals surface area (Å²) in [6.45, 7) is 6.47. The lowest BCUT2D eigenvalue weighted by atomic mass is 10.0. The Morgan fingerprint density at radius 2 is 0.526 bits per heavy atom. The number of unbranched alkanes of at least 4 members (excludes halogenated alkanes) is 30. The van der Waals surface area contributed by atoms with E-state index < -0.39 is 6.10 Å². The van der Waals surface area contributed by atoms with Crippen molar-refractivity contribution in [3.63, 3.8) is 0 Å². The van der Waals surface area contributed by atoms with Crippen LogP contribution in [0, 0.1) is 0 Å². The van der Waals surface area contributed by atoms with E-state index in [0.29, 0.717) is 19.3 Å². The fourth-order valence-corrected chi connectivity index (χ4v) is 9.12. The van der Waals surface area contributed by atoms with Crippen molar-refractivity contribution >= 4 is 17.9 Å². The van der Waals surface area contributed by atoms with Gasteiger partial charge in [0.05, 0.1) is 0 Å². The van der Waals surface area contributed by atoms with Crippen LogP contribution in [0.4, 0.5) is 0 Å². The van der Waals surface area contributed by atoms with Crippen molar-refractivity contribution in [1.29, 1.82) is 0 Å². The summed E-state index contributed by atoms with van der Waals surface area (Å²) in [5, 5.41) is 0. The number of ether oxygens (including phenoxy) is 3. The smallest absolute Gasteiger partial charge is 0.306 e. The predicted octanol–water partition coefficient (Wildman–Crippen LogP) is 22.6. The molecule has 0 saturated carbocycles. The Hall–Kier alpha value is -3.93. The Kier molecular flexibility index (Phi) is 62.3. The Labute approximate surface area is 482 Å². The summed E-state index contributed by atoms with van der Waals surface area (Å²) in [6, 6.07) is 0. The molecule has 0 aromatic carbocycles. The van der Waals surface area contributed by atoms with Crippen molar-refractivity contribution in [2.24, 2.45) is 0 Å². The molecule has 446 valence electrons. The van der Waals surface area contributed by atoms with Crippen LogP contribution in [0.3, 0.4) is 0 Å². The van der Waals surface area contributed by atoms with E-state index in [9.17, 15) is 14.4 Å². The maximum atomic E-state index is 12.9. The summed E-state index contributed by atoms with van der Waals surface area (Å²) in [4.78, 5) is 38.3. The highest BCUT2D eigenvalue weighted by Gasteiger charge is 2.19. The number of hydrogen-bond donors (Lipinski definition) is 0. The lowest BCUT2D eigenvalue weighted by molar-refractivity contribution is -0.166. The van der Waals surface area contributed by atoms with Gasteiger partial charge in [-0.05, 0) is 96.3 Å². The van der Waals surface area contributed by atoms with E-state index in [0.717, 1.165) is 103 Å². The summed E-state index contributed by atoms with van der Waals surface area (Å²) in [5.41, 5.74) is 0. The summed E-state index contributed by atoms with van der Waals surface area (Å²) in [6.07, 6.45) is 89.6. The maximum absolute atomic E-state index is 12.9. The SMILES string of the molecule is CC/C=C\C/C=C\C/C=C\C/C=C\C/C=C\C/C=C\CCC(=O)OCC(COC(=O)CCCCCCCC/C=C\C/C=C\C/C=C\CCCCCCC)OC(=O)CCCCCCCCCCCCCCCCCCCCCC. The van der Waals surface area contributed by atoms with Gasteiger partial charge in [-0.15, -0.1) is 0 Å². The van der Waals surface area contributed by atoms with Crippen molar-refractivity contribution < 1.29 is 28.6 Å². The number of esters is 3. The number of carbonyl (C=O) groups excluding carboxylic acids is 3. The molecule has 0 aliphatic carbocycles. The molecule has 1 unspecified atom stereocenters. The van der Waals surface area contributed by atoms with Crippen LogP contribution in [0.25, 0.3) is 0 Å². The van der Waals surface area contributed by atoms with Crippen molar-refractivity contribution in [2.45, 2.75) is 316 Å². The lowest BCUT2D eigenvalue weighted by Crippen LogP contribution is -2.30. The molecule has 6 nitrogen and oxygen atoms in total. The van der Waals surface area contributed by atoms with Gasteiger partial charge in [0.15, 0.2) is 6.10 Å². The zero-order valence-electron chi connectivity index (χ0n) is 51.2. The second-order valence-corrected chi connectivity index (χ2v) is 21.6. The van der Waals surface area contributed by atoms with Crippen molar-refractivity contribution in [2.75, 3.05) is 13.2 Å². The van der Waals surface area contributed by atoms with Gasteiger partial charge in [0.1, 0.15) is 13.2 Å². The molecule has 0 aliphatic rings. The molecule has 78 heavy (non-hydrogen) atoms. The second kappa shape index (κ2) is 65.6. The number of rotatable bonds is 59. The highest BCUT2D eigenvalue weighted by Crippen LogP contribution is 2.17. The van der Waals surface area contributed by atoms with Gasteiger partial charge in [-0.3, -0.25) is 14.4 Å². The first-order valence-corrected chi connectivity index (χ1v) is 32.9. The molecule has 0 aromatic heterocycles. The molecular formula is C72H122O6. The highest BCUT2D eigenvalue weighted by molar-refractivity contribution is 5.71. The van der Waals surface area contributed by atoms with E-state index in [4.69, 9.17) is 14.2 Å². The van der Waals surface area contributed by atoms with E-state index >= 15 is 0 Å². The van der Waals surface area contributed by atoms with Crippen LogP contribution >= 0.6 is 0 Å². The Bertz CT molecular complexity index is 1570. The third-order valence-corrected chi connectivity index (χ3v) is 14.0. The Balaban J connectivity index is 4.49. The number of allylic oxidation sites excluding steroid dienone is 18. The minimum atomic E-state index is -0.816. The highest BCUT2D eigenvalue weighted by atomic mass is 16.6. The summed E-state index contributed by atoms with van der Waals surface area (Å²) >= 11 is 0. The maximum Gasteiger partial charge on any atom is 0.306 e. The van der Waals surface area contributed by atoms with E-state index in [2.05, 4.69) is 124 Å². The van der Waals surface area contributed by atoms with E-state index in [1.807, 2.05) is 6.08 Å². The molecule has 6 heteroatoms. The van der Waals surface area contributed by atoms with Gasteiger partial charge in [-0.2, -0.15) is 0 Å². The first kappa shape index (κ1) is 74.1. The average Bonchev–Trinajstić information content (AvgIpc) is 3.44. The molecule has 0 radical (unpaired) electrons. The van der Waals surface area contributed by atoms with Gasteiger partial charge in [0, 0.05) is 19.3 Å². The minimum absolute atomic E-state index is 0.107. The normalized spacial score (nSPS) is 12.8. The van der Waals surface area contributed by atoms with Crippen LogP contribution in [-0.4, -0.2) is 37.2 Å². The number of carbonyl (C=O) groups is 3. The lowest BCUT2D eigenvalue weighted by Gasteiger charge is -2.18. The van der Waals surface area contributed by atoms with Crippen LogP contribution in [0.2, 0.25) is 0 Å². The molecular weight excluding hydrogens is 961 g/mol. The van der Waals surface area contributed by atoms with Gasteiger partial charge in [-0.25, -0.2) is 0 Å². The zero-order chi connectivity index (χ0) is 56.4. The van der Waals surface area contributed by atoms with Gasteiger partial charge >= 0.3 is 17.9 Å². The van der Waals surface area contributed by atoms with Gasteiger partial charge in [-0.1, -0.05) is 304 Å². The fourth-order valence-electron chi connectivity index (χ4n) is 9.12. The topological polar surface area (TPSA) is 78.9 Å². The Morgan fingerprint density at radius 3 is 0.859 bits per heavy atom. The number of hydrogen-bond acceptors (Lipinski definition) is 6. The molecule has 0 aromatic rings. The molecule has 0 aliphatic heterocycles. The summed E-state index contributed by atoms with van der Waals surface area (Å²) < 4.78 is 16.9. The van der Waals surface area contributed by atoms with Crippen molar-refractivity contribution in [1.82, 2.24) is 0 Å². The van der Waals surface area contributed by atoms with Crippen LogP contribution in [0.15, 0.2) is 109 Å². The molecule has 0 bridgehead atoms. The Morgan fingerprint density at radius 1 is 0.269 bits per heavy atom. The van der Waals surface area contributed by atoms with Gasteiger partial charge in [0.25, 0.3) is 0 Å². The molecule has 0 saturated heterocycles. The van der Waals surface area contributed by atoms with Gasteiger partial charge in [0.2, 0.25) is 0 Å². The quantitative estimate of drug-likeness (QED) is 0.0261. The standard InChI is InChI=1S/C72H122O6/c1-4-7-10-13-16-19-22-25-28-31-34-36-39-41-44-47-50-53-56-59-62-65-71(74)77-68-69(67-76-70(73)64-61-58-55-52-49-46-43-40-37-33-30-27-24-21-18-15-12-9-6-3)78-72(75)66-63-60-57-54-51-48-45-42-38-35-32-29-26-23-20-17-14-11-8-5-2/h9,12,18,21-22,25,27,30-31,34,37,39-41,46,49,55,58,69H,4-8,10-11,13-17,19-20,23-24,26,28-29,32-33,35-36,38,42-45,47-48,50-54,56-57,59-68H2,1-3H3/b12-9-,21-18-,25-22-,30-27-,34-31-,40-37-,41-39-,49-46-,58-55-. The third kappa shape index (κ3) is 62.9. The second-order valence-electron chi connectivity index (χ2n) is 21.6. The monoisotopic (exact) mass is 1080 g/mol. The first-order valence-electron chi connectivity index (χ1n) is 32.9.